The van der Waals surface area contributed by atoms with Crippen LogP contribution in [0.3, 0.4) is 0 Å². The lowest BCUT2D eigenvalue weighted by atomic mass is 10.1. The average Bonchev–Trinajstić information content (AvgIpc) is 2.99. The SMILES string of the molecule is Cc1cc(C)c(C(=O)NCCCCCc2nc3ccccc3[nH]2)c(=O)[nH]1. The van der Waals surface area contributed by atoms with Gasteiger partial charge in [-0.2, -0.15) is 0 Å². The number of para-hydroxylation sites is 2. The van der Waals surface area contributed by atoms with Gasteiger partial charge in [0.15, 0.2) is 0 Å². The first-order chi connectivity index (χ1) is 12.5. The summed E-state index contributed by atoms with van der Waals surface area (Å²) in [5, 5.41) is 2.84. The number of hydrogen-bond acceptors (Lipinski definition) is 3. The molecule has 0 fully saturated rings. The summed E-state index contributed by atoms with van der Waals surface area (Å²) in [5.41, 5.74) is 3.40. The van der Waals surface area contributed by atoms with Crippen LogP contribution in [0, 0.1) is 13.8 Å². The second-order valence-corrected chi connectivity index (χ2v) is 6.61. The van der Waals surface area contributed by atoms with Gasteiger partial charge in [-0.05, 0) is 50.5 Å². The number of H-pyrrole nitrogens is 2. The smallest absolute Gasteiger partial charge is 0.261 e. The van der Waals surface area contributed by atoms with E-state index < -0.39 is 0 Å². The highest BCUT2D eigenvalue weighted by Crippen LogP contribution is 2.12. The number of imidazole rings is 1. The molecule has 0 aliphatic rings. The number of nitrogens with one attached hydrogen (secondary N) is 3. The molecule has 3 aromatic rings. The van der Waals surface area contributed by atoms with Gasteiger partial charge in [-0.25, -0.2) is 4.98 Å². The van der Waals surface area contributed by atoms with Crippen LogP contribution in [0.25, 0.3) is 11.0 Å². The largest absolute Gasteiger partial charge is 0.352 e. The molecule has 0 bridgehead atoms. The van der Waals surface area contributed by atoms with Gasteiger partial charge in [-0.3, -0.25) is 9.59 Å². The van der Waals surface area contributed by atoms with Gasteiger partial charge < -0.3 is 15.3 Å². The average molecular weight is 352 g/mol. The molecule has 1 amide bonds. The van der Waals surface area contributed by atoms with Gasteiger partial charge in [0, 0.05) is 18.7 Å². The summed E-state index contributed by atoms with van der Waals surface area (Å²) in [6, 6.07) is 9.81. The Balaban J connectivity index is 1.41. The van der Waals surface area contributed by atoms with E-state index >= 15 is 0 Å². The number of unbranched alkanes of at least 4 members (excludes halogenated alkanes) is 2. The van der Waals surface area contributed by atoms with Crippen LogP contribution >= 0.6 is 0 Å². The fourth-order valence-electron chi connectivity index (χ4n) is 3.14. The second kappa shape index (κ2) is 7.99. The highest BCUT2D eigenvalue weighted by atomic mass is 16.2. The van der Waals surface area contributed by atoms with Crippen LogP contribution < -0.4 is 10.9 Å². The van der Waals surface area contributed by atoms with E-state index in [9.17, 15) is 9.59 Å². The van der Waals surface area contributed by atoms with Crippen LogP contribution in [0.1, 0.15) is 46.7 Å². The summed E-state index contributed by atoms with van der Waals surface area (Å²) in [4.78, 5) is 34.7. The van der Waals surface area contributed by atoms with Crippen molar-refractivity contribution in [3.05, 3.63) is 63.3 Å². The fraction of sp³-hybridized carbons (Fsp3) is 0.350. The highest BCUT2D eigenvalue weighted by Gasteiger charge is 2.13. The fourth-order valence-corrected chi connectivity index (χ4v) is 3.14. The normalized spacial score (nSPS) is 11.0. The number of fused-ring (bicyclic) bond motifs is 1. The van der Waals surface area contributed by atoms with Gasteiger partial charge in [0.05, 0.1) is 11.0 Å². The molecule has 0 spiro atoms. The van der Waals surface area contributed by atoms with E-state index in [1.807, 2.05) is 30.3 Å². The molecule has 0 saturated carbocycles. The van der Waals surface area contributed by atoms with Crippen LogP contribution in [0.5, 0.6) is 0 Å². The van der Waals surface area contributed by atoms with Gasteiger partial charge in [0.25, 0.3) is 11.5 Å². The number of benzene rings is 1. The Morgan fingerprint density at radius 3 is 2.69 bits per heavy atom. The molecule has 0 saturated heterocycles. The van der Waals surface area contributed by atoms with E-state index in [0.717, 1.165) is 48.2 Å². The number of aryl methyl sites for hydroxylation is 3. The molecule has 0 aliphatic carbocycles. The summed E-state index contributed by atoms with van der Waals surface area (Å²) >= 11 is 0. The topological polar surface area (TPSA) is 90.6 Å². The van der Waals surface area contributed by atoms with E-state index in [1.165, 1.54) is 0 Å². The van der Waals surface area contributed by atoms with Crippen LogP contribution in [0.4, 0.5) is 0 Å². The standard InChI is InChI=1S/C20H24N4O2/c1-13-12-14(2)22-20(26)18(13)19(25)21-11-7-3-4-10-17-23-15-8-5-6-9-16(15)24-17/h5-6,8-9,12H,3-4,7,10-11H2,1-2H3,(H,21,25)(H,22,26)(H,23,24). The number of rotatable bonds is 7. The van der Waals surface area contributed by atoms with Crippen molar-refractivity contribution in [1.29, 1.82) is 0 Å². The van der Waals surface area contributed by atoms with Crippen molar-refractivity contribution >= 4 is 16.9 Å². The van der Waals surface area contributed by atoms with E-state index in [1.54, 1.807) is 13.8 Å². The Kier molecular flexibility index (Phi) is 5.51. The highest BCUT2D eigenvalue weighted by molar-refractivity contribution is 5.95. The zero-order valence-corrected chi connectivity index (χ0v) is 15.2. The quantitative estimate of drug-likeness (QED) is 0.571. The Labute approximate surface area is 152 Å². The molecule has 3 rings (SSSR count). The number of pyridine rings is 1. The molecular formula is C20H24N4O2. The van der Waals surface area contributed by atoms with Gasteiger partial charge in [0.1, 0.15) is 11.4 Å². The lowest BCUT2D eigenvalue weighted by Crippen LogP contribution is -2.31. The predicted octanol–water partition coefficient (Wildman–Crippen LogP) is 3.01. The number of carbonyl (C=O) groups is 1. The molecule has 6 nitrogen and oxygen atoms in total. The zero-order chi connectivity index (χ0) is 18.5. The molecule has 26 heavy (non-hydrogen) atoms. The summed E-state index contributed by atoms with van der Waals surface area (Å²) in [5.74, 6) is 0.693. The summed E-state index contributed by atoms with van der Waals surface area (Å²) in [6.07, 6.45) is 3.74. The molecule has 136 valence electrons. The van der Waals surface area contributed by atoms with Gasteiger partial charge >= 0.3 is 0 Å². The number of nitrogens with zero attached hydrogens (tertiary/aromatic N) is 1. The van der Waals surface area contributed by atoms with Crippen molar-refractivity contribution in [3.8, 4) is 0 Å². The Bertz CT molecular complexity index is 938. The van der Waals surface area contributed by atoms with Crippen LogP contribution in [-0.4, -0.2) is 27.4 Å². The van der Waals surface area contributed by atoms with Crippen molar-refractivity contribution in [2.45, 2.75) is 39.5 Å². The number of carbonyl (C=O) groups excluding carboxylic acids is 1. The second-order valence-electron chi connectivity index (χ2n) is 6.61. The first-order valence-electron chi connectivity index (χ1n) is 8.97. The van der Waals surface area contributed by atoms with Gasteiger partial charge in [-0.1, -0.05) is 18.6 Å². The summed E-state index contributed by atoms with van der Waals surface area (Å²) in [7, 11) is 0. The molecule has 0 aliphatic heterocycles. The van der Waals surface area contributed by atoms with E-state index in [0.29, 0.717) is 12.1 Å². The maximum Gasteiger partial charge on any atom is 0.261 e. The van der Waals surface area contributed by atoms with Gasteiger partial charge in [0.2, 0.25) is 0 Å². The first kappa shape index (κ1) is 17.9. The zero-order valence-electron chi connectivity index (χ0n) is 15.2. The van der Waals surface area contributed by atoms with E-state index in [-0.39, 0.29) is 17.0 Å². The number of amides is 1. The predicted molar refractivity (Wildman–Crippen MR) is 103 cm³/mol. The van der Waals surface area contributed by atoms with E-state index in [2.05, 4.69) is 20.3 Å². The maximum absolute atomic E-state index is 12.2. The number of aromatic nitrogens is 3. The molecule has 6 heteroatoms. The molecule has 3 N–H and O–H groups in total. The summed E-state index contributed by atoms with van der Waals surface area (Å²) < 4.78 is 0. The number of hydrogen-bond donors (Lipinski definition) is 3. The van der Waals surface area contributed by atoms with Crippen LogP contribution in [0.15, 0.2) is 35.1 Å². The Morgan fingerprint density at radius 1 is 1.12 bits per heavy atom. The molecule has 0 radical (unpaired) electrons. The van der Waals surface area contributed by atoms with Crippen LogP contribution in [-0.2, 0) is 6.42 Å². The lowest BCUT2D eigenvalue weighted by molar-refractivity contribution is 0.0950. The third-order valence-corrected chi connectivity index (χ3v) is 4.41. The third kappa shape index (κ3) is 4.20. The minimum absolute atomic E-state index is 0.206. The summed E-state index contributed by atoms with van der Waals surface area (Å²) in [6.45, 7) is 4.15. The lowest BCUT2D eigenvalue weighted by Gasteiger charge is -2.07. The molecule has 2 aromatic heterocycles. The van der Waals surface area contributed by atoms with Crippen molar-refractivity contribution < 1.29 is 4.79 Å². The van der Waals surface area contributed by atoms with E-state index in [4.69, 9.17) is 0 Å². The molecule has 2 heterocycles. The Hall–Kier alpha value is -2.89. The van der Waals surface area contributed by atoms with Crippen molar-refractivity contribution in [1.82, 2.24) is 20.3 Å². The van der Waals surface area contributed by atoms with Gasteiger partial charge in [-0.15, -0.1) is 0 Å². The van der Waals surface area contributed by atoms with Crippen molar-refractivity contribution in [3.63, 3.8) is 0 Å². The number of aromatic amines is 2. The maximum atomic E-state index is 12.2. The molecule has 1 aromatic carbocycles. The molecule has 0 atom stereocenters. The molecular weight excluding hydrogens is 328 g/mol. The minimum Gasteiger partial charge on any atom is -0.352 e. The molecule has 0 unspecified atom stereocenters. The third-order valence-electron chi connectivity index (χ3n) is 4.41. The van der Waals surface area contributed by atoms with Crippen molar-refractivity contribution in [2.24, 2.45) is 0 Å². The van der Waals surface area contributed by atoms with Crippen molar-refractivity contribution in [2.75, 3.05) is 6.54 Å². The first-order valence-corrected chi connectivity index (χ1v) is 8.97. The minimum atomic E-state index is -0.329. The monoisotopic (exact) mass is 352 g/mol. The van der Waals surface area contributed by atoms with Crippen LogP contribution in [0.2, 0.25) is 0 Å². The Morgan fingerprint density at radius 2 is 1.92 bits per heavy atom.